The van der Waals surface area contributed by atoms with E-state index in [-0.39, 0.29) is 18.3 Å². The van der Waals surface area contributed by atoms with Crippen molar-refractivity contribution in [3.05, 3.63) is 29.3 Å². The maximum absolute atomic E-state index is 13.0. The number of carbonyl (C=O) groups excluding carboxylic acids is 1. The summed E-state index contributed by atoms with van der Waals surface area (Å²) in [6, 6.07) is 6.60. The van der Waals surface area contributed by atoms with Gasteiger partial charge in [-0.3, -0.25) is 4.79 Å². The maximum Gasteiger partial charge on any atom is 0.254 e. The van der Waals surface area contributed by atoms with Gasteiger partial charge in [0, 0.05) is 30.4 Å². The first-order valence-corrected chi connectivity index (χ1v) is 8.33. The summed E-state index contributed by atoms with van der Waals surface area (Å²) >= 11 is 0. The highest BCUT2D eigenvalue weighted by Gasteiger charge is 2.28. The van der Waals surface area contributed by atoms with Crippen LogP contribution in [0.25, 0.3) is 0 Å². The Morgan fingerprint density at radius 2 is 2.05 bits per heavy atom. The zero-order valence-electron chi connectivity index (χ0n) is 13.6. The van der Waals surface area contributed by atoms with Crippen LogP contribution in [0.4, 0.5) is 5.69 Å². The zero-order valence-corrected chi connectivity index (χ0v) is 14.4. The van der Waals surface area contributed by atoms with Crippen LogP contribution < -0.4 is 5.32 Å². The standard InChI is InChI=1S/C18H26N2O.ClH/c1-13(2)12-20(16-5-3-4-6-16)18(21)15-7-8-17-14(11-15)9-10-19-17;/h7-8,11,13,16,19H,3-6,9-10,12H2,1-2H3;1H. The third kappa shape index (κ3) is 3.57. The van der Waals surface area contributed by atoms with E-state index in [1.54, 1.807) is 0 Å². The molecule has 122 valence electrons. The molecular formula is C18H27ClN2O. The molecule has 0 spiro atoms. The topological polar surface area (TPSA) is 32.3 Å². The lowest BCUT2D eigenvalue weighted by Gasteiger charge is -2.31. The van der Waals surface area contributed by atoms with Gasteiger partial charge in [-0.05, 0) is 48.9 Å². The summed E-state index contributed by atoms with van der Waals surface area (Å²) < 4.78 is 0. The van der Waals surface area contributed by atoms with Crippen molar-refractivity contribution >= 4 is 24.0 Å². The van der Waals surface area contributed by atoms with Gasteiger partial charge >= 0.3 is 0 Å². The molecule has 0 aromatic heterocycles. The smallest absolute Gasteiger partial charge is 0.254 e. The SMILES string of the molecule is CC(C)CN(C(=O)c1ccc2c(c1)CCN2)C1CCCC1.Cl. The molecule has 1 aromatic carbocycles. The molecular weight excluding hydrogens is 296 g/mol. The fourth-order valence-corrected chi connectivity index (χ4v) is 3.61. The largest absolute Gasteiger partial charge is 0.384 e. The molecule has 1 aliphatic heterocycles. The Morgan fingerprint density at radius 3 is 2.73 bits per heavy atom. The van der Waals surface area contributed by atoms with Crippen LogP contribution in [0.15, 0.2) is 18.2 Å². The minimum absolute atomic E-state index is 0. The Balaban J connectivity index is 0.00000176. The molecule has 1 aliphatic carbocycles. The van der Waals surface area contributed by atoms with Crippen LogP contribution in [0.5, 0.6) is 0 Å². The first-order chi connectivity index (χ1) is 10.1. The molecule has 3 nitrogen and oxygen atoms in total. The van der Waals surface area contributed by atoms with E-state index in [1.165, 1.54) is 36.9 Å². The van der Waals surface area contributed by atoms with Gasteiger partial charge in [0.1, 0.15) is 0 Å². The molecule has 1 N–H and O–H groups in total. The highest BCUT2D eigenvalue weighted by molar-refractivity contribution is 5.95. The predicted molar refractivity (Wildman–Crippen MR) is 94.0 cm³/mol. The van der Waals surface area contributed by atoms with Gasteiger partial charge in [0.25, 0.3) is 5.91 Å². The second-order valence-corrected chi connectivity index (χ2v) is 6.84. The number of fused-ring (bicyclic) bond motifs is 1. The molecule has 1 aromatic rings. The fourth-order valence-electron chi connectivity index (χ4n) is 3.61. The van der Waals surface area contributed by atoms with E-state index in [9.17, 15) is 4.79 Å². The van der Waals surface area contributed by atoms with Crippen LogP contribution in [0.3, 0.4) is 0 Å². The van der Waals surface area contributed by atoms with E-state index in [0.717, 1.165) is 25.1 Å². The third-order valence-electron chi connectivity index (χ3n) is 4.65. The van der Waals surface area contributed by atoms with Crippen LogP contribution >= 0.6 is 12.4 Å². The van der Waals surface area contributed by atoms with Crippen LogP contribution in [-0.2, 0) is 6.42 Å². The predicted octanol–water partition coefficient (Wildman–Crippen LogP) is 4.12. The summed E-state index contributed by atoms with van der Waals surface area (Å²) in [5, 5.41) is 3.36. The molecule has 1 saturated carbocycles. The maximum atomic E-state index is 13.0. The van der Waals surface area contributed by atoms with Gasteiger partial charge in [-0.1, -0.05) is 26.7 Å². The number of amides is 1. The number of hydrogen-bond acceptors (Lipinski definition) is 2. The molecule has 0 atom stereocenters. The number of hydrogen-bond donors (Lipinski definition) is 1. The first-order valence-electron chi connectivity index (χ1n) is 8.33. The van der Waals surface area contributed by atoms with Crippen molar-refractivity contribution in [1.29, 1.82) is 0 Å². The highest BCUT2D eigenvalue weighted by atomic mass is 35.5. The van der Waals surface area contributed by atoms with Gasteiger partial charge in [0.15, 0.2) is 0 Å². The van der Waals surface area contributed by atoms with Crippen molar-refractivity contribution in [2.24, 2.45) is 5.92 Å². The zero-order chi connectivity index (χ0) is 14.8. The minimum Gasteiger partial charge on any atom is -0.384 e. The monoisotopic (exact) mass is 322 g/mol. The number of carbonyl (C=O) groups is 1. The molecule has 1 heterocycles. The number of benzene rings is 1. The Hall–Kier alpha value is -1.22. The summed E-state index contributed by atoms with van der Waals surface area (Å²) in [7, 11) is 0. The second-order valence-electron chi connectivity index (χ2n) is 6.84. The molecule has 0 bridgehead atoms. The summed E-state index contributed by atoms with van der Waals surface area (Å²) in [5.41, 5.74) is 3.35. The number of halogens is 1. The lowest BCUT2D eigenvalue weighted by Crippen LogP contribution is -2.41. The van der Waals surface area contributed by atoms with Crippen molar-refractivity contribution < 1.29 is 4.79 Å². The number of anilines is 1. The minimum atomic E-state index is 0. The third-order valence-corrected chi connectivity index (χ3v) is 4.65. The van der Waals surface area contributed by atoms with Gasteiger partial charge < -0.3 is 10.2 Å². The summed E-state index contributed by atoms with van der Waals surface area (Å²) in [6.45, 7) is 6.26. The van der Waals surface area contributed by atoms with E-state index < -0.39 is 0 Å². The van der Waals surface area contributed by atoms with Gasteiger partial charge in [0.2, 0.25) is 0 Å². The van der Waals surface area contributed by atoms with E-state index in [2.05, 4.69) is 36.2 Å². The van der Waals surface area contributed by atoms with Crippen molar-refractivity contribution in [1.82, 2.24) is 4.90 Å². The average Bonchev–Trinajstić information content (AvgIpc) is 3.13. The average molecular weight is 323 g/mol. The molecule has 22 heavy (non-hydrogen) atoms. The number of rotatable bonds is 4. The van der Waals surface area contributed by atoms with Crippen LogP contribution in [0.2, 0.25) is 0 Å². The van der Waals surface area contributed by atoms with E-state index in [1.807, 2.05) is 6.07 Å². The lowest BCUT2D eigenvalue weighted by atomic mass is 10.0. The molecule has 1 amide bonds. The Kier molecular flexibility index (Phi) is 5.74. The van der Waals surface area contributed by atoms with Gasteiger partial charge in [-0.25, -0.2) is 0 Å². The van der Waals surface area contributed by atoms with Crippen LogP contribution in [0, 0.1) is 5.92 Å². The van der Waals surface area contributed by atoms with E-state index in [4.69, 9.17) is 0 Å². The Morgan fingerprint density at radius 1 is 1.32 bits per heavy atom. The Bertz CT molecular complexity index is 524. The first kappa shape index (κ1) is 17.1. The van der Waals surface area contributed by atoms with Crippen molar-refractivity contribution in [2.45, 2.75) is 52.0 Å². The second kappa shape index (κ2) is 7.36. The van der Waals surface area contributed by atoms with Gasteiger partial charge in [-0.2, -0.15) is 0 Å². The van der Waals surface area contributed by atoms with Gasteiger partial charge in [-0.15, -0.1) is 12.4 Å². The van der Waals surface area contributed by atoms with E-state index >= 15 is 0 Å². The summed E-state index contributed by atoms with van der Waals surface area (Å²) in [4.78, 5) is 15.1. The molecule has 3 rings (SSSR count). The van der Waals surface area contributed by atoms with Crippen molar-refractivity contribution in [2.75, 3.05) is 18.4 Å². The lowest BCUT2D eigenvalue weighted by molar-refractivity contribution is 0.0655. The van der Waals surface area contributed by atoms with Gasteiger partial charge in [0.05, 0.1) is 0 Å². The van der Waals surface area contributed by atoms with Crippen LogP contribution in [0.1, 0.15) is 55.5 Å². The van der Waals surface area contributed by atoms with Crippen molar-refractivity contribution in [3.8, 4) is 0 Å². The highest BCUT2D eigenvalue weighted by Crippen LogP contribution is 2.28. The quantitative estimate of drug-likeness (QED) is 0.904. The number of nitrogens with one attached hydrogen (secondary N) is 1. The molecule has 2 aliphatic rings. The van der Waals surface area contributed by atoms with Crippen LogP contribution in [-0.4, -0.2) is 29.9 Å². The molecule has 0 radical (unpaired) electrons. The number of nitrogens with zero attached hydrogens (tertiary/aromatic N) is 1. The summed E-state index contributed by atoms with van der Waals surface area (Å²) in [6.07, 6.45) is 5.90. The summed E-state index contributed by atoms with van der Waals surface area (Å²) in [5.74, 6) is 0.746. The normalized spacial score (nSPS) is 17.0. The molecule has 1 fully saturated rings. The molecule has 0 saturated heterocycles. The molecule has 0 unspecified atom stereocenters. The van der Waals surface area contributed by atoms with E-state index in [0.29, 0.717) is 12.0 Å². The molecule has 4 heteroatoms. The Labute approximate surface area is 139 Å². The van der Waals surface area contributed by atoms with Crippen molar-refractivity contribution in [3.63, 3.8) is 0 Å². The fraction of sp³-hybridized carbons (Fsp3) is 0.611.